The molecular formula is C19H21N5O2. The number of amides is 1. The molecule has 1 aromatic carbocycles. The van der Waals surface area contributed by atoms with Gasteiger partial charge in [0.15, 0.2) is 5.84 Å². The number of hydrogen-bond donors (Lipinski definition) is 2. The number of aryl methyl sites for hydroxylation is 1. The Bertz CT molecular complexity index is 866. The summed E-state index contributed by atoms with van der Waals surface area (Å²) < 4.78 is 5.43. The van der Waals surface area contributed by atoms with Gasteiger partial charge >= 0.3 is 0 Å². The van der Waals surface area contributed by atoms with E-state index in [-0.39, 0.29) is 30.0 Å². The summed E-state index contributed by atoms with van der Waals surface area (Å²) in [4.78, 5) is 20.2. The van der Waals surface area contributed by atoms with Crippen LogP contribution in [0.2, 0.25) is 0 Å². The molecule has 2 N–H and O–H groups in total. The predicted octanol–water partition coefficient (Wildman–Crippen LogP) is 2.62. The molecule has 134 valence electrons. The van der Waals surface area contributed by atoms with E-state index in [1.54, 1.807) is 16.1 Å². The molecule has 1 amide bonds. The van der Waals surface area contributed by atoms with Crippen molar-refractivity contribution in [2.45, 2.75) is 25.7 Å². The fourth-order valence-electron chi connectivity index (χ4n) is 3.08. The van der Waals surface area contributed by atoms with Crippen molar-refractivity contribution < 1.29 is 9.21 Å². The summed E-state index contributed by atoms with van der Waals surface area (Å²) in [6.07, 6.45) is 3.85. The highest BCUT2D eigenvalue weighted by Gasteiger charge is 2.31. The van der Waals surface area contributed by atoms with Gasteiger partial charge in [0.05, 0.1) is 12.2 Å². The summed E-state index contributed by atoms with van der Waals surface area (Å²) >= 11 is 0. The molecule has 26 heavy (non-hydrogen) atoms. The molecule has 1 aliphatic heterocycles. The second-order valence-corrected chi connectivity index (χ2v) is 6.89. The molecule has 0 unspecified atom stereocenters. The lowest BCUT2D eigenvalue weighted by molar-refractivity contribution is 0.0757. The van der Waals surface area contributed by atoms with Gasteiger partial charge in [-0.25, -0.2) is 4.98 Å². The highest BCUT2D eigenvalue weighted by Crippen LogP contribution is 2.39. The van der Waals surface area contributed by atoms with Crippen molar-refractivity contribution in [2.75, 3.05) is 19.6 Å². The minimum Gasteiger partial charge on any atom is -0.442 e. The van der Waals surface area contributed by atoms with Crippen LogP contribution < -0.4 is 0 Å². The van der Waals surface area contributed by atoms with Crippen molar-refractivity contribution >= 4 is 17.6 Å². The minimum absolute atomic E-state index is 0.0873. The lowest BCUT2D eigenvalue weighted by Crippen LogP contribution is -2.54. The van der Waals surface area contributed by atoms with E-state index in [0.29, 0.717) is 24.6 Å². The first-order valence-electron chi connectivity index (χ1n) is 8.78. The van der Waals surface area contributed by atoms with Gasteiger partial charge in [0.25, 0.3) is 11.8 Å². The number of oxazole rings is 1. The average Bonchev–Trinajstić information content (AvgIpc) is 3.38. The molecule has 0 spiro atoms. The Morgan fingerprint density at radius 1 is 1.23 bits per heavy atom. The zero-order chi connectivity index (χ0) is 18.3. The average molecular weight is 351 g/mol. The molecule has 4 rings (SSSR count). The van der Waals surface area contributed by atoms with E-state index in [1.807, 2.05) is 31.2 Å². The van der Waals surface area contributed by atoms with E-state index >= 15 is 0 Å². The number of amidine groups is 2. The third-order valence-corrected chi connectivity index (χ3v) is 4.84. The second kappa shape index (κ2) is 6.40. The largest absolute Gasteiger partial charge is 0.442 e. The first-order valence-corrected chi connectivity index (χ1v) is 8.78. The Labute approximate surface area is 151 Å². The van der Waals surface area contributed by atoms with Gasteiger partial charge in [-0.1, -0.05) is 17.7 Å². The molecule has 2 heterocycles. The van der Waals surface area contributed by atoms with Crippen LogP contribution in [0, 0.1) is 17.7 Å². The normalized spacial score (nSPS) is 17.5. The van der Waals surface area contributed by atoms with Crippen molar-refractivity contribution in [3.8, 4) is 0 Å². The second-order valence-electron chi connectivity index (χ2n) is 6.89. The Morgan fingerprint density at radius 3 is 2.62 bits per heavy atom. The minimum atomic E-state index is -0.0897. The number of benzene rings is 1. The number of piperazine rings is 1. The first-order chi connectivity index (χ1) is 12.5. The number of aromatic nitrogens is 1. The van der Waals surface area contributed by atoms with Crippen molar-refractivity contribution in [2.24, 2.45) is 0 Å². The van der Waals surface area contributed by atoms with E-state index in [1.165, 1.54) is 0 Å². The maximum Gasteiger partial charge on any atom is 0.262 e. The summed E-state index contributed by atoms with van der Waals surface area (Å²) in [5.74, 6) is 0.906. The number of carbonyl (C=O) groups is 1. The van der Waals surface area contributed by atoms with Crippen LogP contribution in [0.25, 0.3) is 0 Å². The van der Waals surface area contributed by atoms with Crippen molar-refractivity contribution in [3.05, 3.63) is 53.2 Å². The molecule has 1 aliphatic carbocycles. The molecule has 0 radical (unpaired) electrons. The number of rotatable bonds is 3. The van der Waals surface area contributed by atoms with Crippen molar-refractivity contribution in [1.29, 1.82) is 10.8 Å². The van der Waals surface area contributed by atoms with Gasteiger partial charge < -0.3 is 14.2 Å². The van der Waals surface area contributed by atoms with E-state index in [2.05, 4.69) is 4.98 Å². The Balaban J connectivity index is 1.42. The van der Waals surface area contributed by atoms with Gasteiger partial charge in [-0.2, -0.15) is 0 Å². The zero-order valence-corrected chi connectivity index (χ0v) is 14.7. The van der Waals surface area contributed by atoms with Crippen LogP contribution in [0.15, 0.2) is 34.9 Å². The van der Waals surface area contributed by atoms with Gasteiger partial charge in [-0.3, -0.25) is 15.6 Å². The van der Waals surface area contributed by atoms with Crippen LogP contribution >= 0.6 is 0 Å². The zero-order valence-electron chi connectivity index (χ0n) is 14.7. The van der Waals surface area contributed by atoms with Gasteiger partial charge in [-0.15, -0.1) is 0 Å². The topological polar surface area (TPSA) is 97.3 Å². The molecule has 7 nitrogen and oxygen atoms in total. The number of nitrogens with zero attached hydrogens (tertiary/aromatic N) is 3. The number of carbonyl (C=O) groups excluding carboxylic acids is 1. The summed E-state index contributed by atoms with van der Waals surface area (Å²) in [6, 6.07) is 7.43. The molecule has 1 saturated heterocycles. The highest BCUT2D eigenvalue weighted by molar-refractivity contribution is 6.07. The van der Waals surface area contributed by atoms with Crippen molar-refractivity contribution in [3.63, 3.8) is 0 Å². The summed E-state index contributed by atoms with van der Waals surface area (Å²) in [5, 5.41) is 16.6. The first kappa shape index (κ1) is 16.5. The summed E-state index contributed by atoms with van der Waals surface area (Å²) in [5.41, 5.74) is 2.61. The molecule has 1 saturated carbocycles. The number of nitrogens with one attached hydrogen (secondary N) is 2. The SMILES string of the molecule is Cc1ccc(C(=O)N2CCN(C(=N)c3nc(C4CC4)co3)C(=N)C2)cc1. The van der Waals surface area contributed by atoms with Gasteiger partial charge in [0.1, 0.15) is 12.1 Å². The Morgan fingerprint density at radius 2 is 1.96 bits per heavy atom. The maximum atomic E-state index is 12.6. The Hall–Kier alpha value is -2.96. The van der Waals surface area contributed by atoms with Crippen LogP contribution in [-0.2, 0) is 0 Å². The third-order valence-electron chi connectivity index (χ3n) is 4.84. The monoisotopic (exact) mass is 351 g/mol. The van der Waals surface area contributed by atoms with Crippen LogP contribution in [0.3, 0.4) is 0 Å². The van der Waals surface area contributed by atoms with E-state index in [0.717, 1.165) is 24.1 Å². The van der Waals surface area contributed by atoms with Crippen LogP contribution in [0.5, 0.6) is 0 Å². The Kier molecular flexibility index (Phi) is 4.06. The van der Waals surface area contributed by atoms with Crippen LogP contribution in [-0.4, -0.2) is 52.0 Å². The van der Waals surface area contributed by atoms with E-state index < -0.39 is 0 Å². The van der Waals surface area contributed by atoms with Crippen LogP contribution in [0.1, 0.15) is 46.3 Å². The molecule has 2 aliphatic rings. The van der Waals surface area contributed by atoms with Gasteiger partial charge in [-0.05, 0) is 31.9 Å². The molecule has 0 atom stereocenters. The summed E-state index contributed by atoms with van der Waals surface area (Å²) in [7, 11) is 0. The van der Waals surface area contributed by atoms with Gasteiger partial charge in [0, 0.05) is 24.6 Å². The van der Waals surface area contributed by atoms with E-state index in [9.17, 15) is 4.79 Å². The van der Waals surface area contributed by atoms with Crippen LogP contribution in [0.4, 0.5) is 0 Å². The van der Waals surface area contributed by atoms with Crippen molar-refractivity contribution in [1.82, 2.24) is 14.8 Å². The summed E-state index contributed by atoms with van der Waals surface area (Å²) in [6.45, 7) is 2.99. The molecule has 2 aromatic rings. The molecule has 0 bridgehead atoms. The lowest BCUT2D eigenvalue weighted by Gasteiger charge is -2.35. The maximum absolute atomic E-state index is 12.6. The fourth-order valence-corrected chi connectivity index (χ4v) is 3.08. The van der Waals surface area contributed by atoms with Gasteiger partial charge in [0.2, 0.25) is 0 Å². The van der Waals surface area contributed by atoms with E-state index in [4.69, 9.17) is 15.2 Å². The standard InChI is InChI=1S/C19H21N5O2/c1-12-2-4-14(5-3-12)19(25)23-8-9-24(16(20)10-23)17(21)18-22-15(11-26-18)13-6-7-13/h2-5,11,13,20-21H,6-10H2,1H3. The smallest absolute Gasteiger partial charge is 0.262 e. The molecule has 7 heteroatoms. The third kappa shape index (κ3) is 3.12. The predicted molar refractivity (Wildman–Crippen MR) is 96.8 cm³/mol. The number of hydrogen-bond acceptors (Lipinski definition) is 5. The lowest BCUT2D eigenvalue weighted by atomic mass is 10.1. The fraction of sp³-hybridized carbons (Fsp3) is 0.368. The molecular weight excluding hydrogens is 330 g/mol. The molecule has 1 aromatic heterocycles. The quantitative estimate of drug-likeness (QED) is 0.656. The highest BCUT2D eigenvalue weighted by atomic mass is 16.3. The molecule has 2 fully saturated rings.